The zero-order chi connectivity index (χ0) is 16.3. The van der Waals surface area contributed by atoms with Crippen LogP contribution in [-0.4, -0.2) is 64.4 Å². The topological polar surface area (TPSA) is 61.9 Å². The molecule has 0 aliphatic carbocycles. The second-order valence-corrected chi connectivity index (χ2v) is 8.19. The maximum Gasteiger partial charge on any atom is 0.211 e. The van der Waals surface area contributed by atoms with Gasteiger partial charge >= 0.3 is 0 Å². The highest BCUT2D eigenvalue weighted by Gasteiger charge is 2.28. The average molecular weight is 339 g/mol. The van der Waals surface area contributed by atoms with Crippen LogP contribution in [0.4, 0.5) is 5.69 Å². The van der Waals surface area contributed by atoms with E-state index in [0.717, 1.165) is 50.5 Å². The van der Waals surface area contributed by atoms with Crippen molar-refractivity contribution in [2.24, 2.45) is 0 Å². The number of anilines is 1. The highest BCUT2D eigenvalue weighted by Crippen LogP contribution is 2.30. The van der Waals surface area contributed by atoms with E-state index in [2.05, 4.69) is 16.3 Å². The van der Waals surface area contributed by atoms with Crippen molar-refractivity contribution in [1.29, 1.82) is 0 Å². The number of nitrogens with one attached hydrogen (secondary N) is 1. The summed E-state index contributed by atoms with van der Waals surface area (Å²) in [4.78, 5) is 2.32. The van der Waals surface area contributed by atoms with Gasteiger partial charge in [-0.15, -0.1) is 0 Å². The van der Waals surface area contributed by atoms with Gasteiger partial charge in [0.1, 0.15) is 11.9 Å². The molecule has 0 spiro atoms. The van der Waals surface area contributed by atoms with Crippen LogP contribution in [-0.2, 0) is 10.0 Å². The molecule has 2 aliphatic heterocycles. The van der Waals surface area contributed by atoms with E-state index in [-0.39, 0.29) is 6.10 Å². The van der Waals surface area contributed by atoms with Crippen LogP contribution in [0, 0.1) is 0 Å². The van der Waals surface area contributed by atoms with Crippen LogP contribution in [0.1, 0.15) is 12.8 Å². The predicted molar refractivity (Wildman–Crippen MR) is 91.6 cm³/mol. The Hall–Kier alpha value is -1.31. The predicted octanol–water partition coefficient (Wildman–Crippen LogP) is 0.899. The Morgan fingerprint density at radius 3 is 2.65 bits per heavy atom. The number of ether oxygens (including phenoxy) is 1. The van der Waals surface area contributed by atoms with Gasteiger partial charge < -0.3 is 15.0 Å². The number of nitrogens with zero attached hydrogens (tertiary/aromatic N) is 2. The fourth-order valence-corrected chi connectivity index (χ4v) is 4.10. The van der Waals surface area contributed by atoms with Gasteiger partial charge in [-0.05, 0) is 25.0 Å². The van der Waals surface area contributed by atoms with E-state index in [4.69, 9.17) is 4.74 Å². The molecule has 0 bridgehead atoms. The van der Waals surface area contributed by atoms with Crippen molar-refractivity contribution in [3.05, 3.63) is 24.3 Å². The summed E-state index contributed by atoms with van der Waals surface area (Å²) in [5.74, 6) is 0.856. The SMILES string of the molecule is CS(=O)(=O)N1CCCC(Oc2ccccc2N2CCNCC2)C1. The van der Waals surface area contributed by atoms with Gasteiger partial charge in [0.25, 0.3) is 0 Å². The Balaban J connectivity index is 1.72. The zero-order valence-corrected chi connectivity index (χ0v) is 14.4. The molecule has 1 unspecified atom stereocenters. The lowest BCUT2D eigenvalue weighted by atomic mass is 10.1. The third-order valence-corrected chi connectivity index (χ3v) is 5.70. The lowest BCUT2D eigenvalue weighted by Gasteiger charge is -2.34. The molecule has 1 N–H and O–H groups in total. The van der Waals surface area contributed by atoms with Gasteiger partial charge in [0.2, 0.25) is 10.0 Å². The molecule has 2 aliphatic rings. The third kappa shape index (κ3) is 4.16. The summed E-state index contributed by atoms with van der Waals surface area (Å²) in [5, 5.41) is 3.35. The highest BCUT2D eigenvalue weighted by molar-refractivity contribution is 7.88. The van der Waals surface area contributed by atoms with Crippen LogP contribution in [0.25, 0.3) is 0 Å². The van der Waals surface area contributed by atoms with Crippen molar-refractivity contribution in [3.63, 3.8) is 0 Å². The average Bonchev–Trinajstić information content (AvgIpc) is 2.56. The Bertz CT molecular complexity index is 629. The van der Waals surface area contributed by atoms with Gasteiger partial charge in [-0.1, -0.05) is 12.1 Å². The largest absolute Gasteiger partial charge is 0.487 e. The maximum absolute atomic E-state index is 11.8. The van der Waals surface area contributed by atoms with Gasteiger partial charge in [-0.25, -0.2) is 8.42 Å². The third-order valence-electron chi connectivity index (χ3n) is 4.43. The molecule has 1 aromatic rings. The van der Waals surface area contributed by atoms with Gasteiger partial charge in [0.05, 0.1) is 18.5 Å². The number of rotatable bonds is 4. The molecule has 6 nitrogen and oxygen atoms in total. The molecule has 23 heavy (non-hydrogen) atoms. The van der Waals surface area contributed by atoms with E-state index in [9.17, 15) is 8.42 Å². The molecule has 2 saturated heterocycles. The lowest BCUT2D eigenvalue weighted by molar-refractivity contribution is 0.130. The minimum absolute atomic E-state index is 0.0810. The molecular formula is C16H25N3O3S. The van der Waals surface area contributed by atoms with Crippen LogP contribution in [0.15, 0.2) is 24.3 Å². The first-order valence-corrected chi connectivity index (χ1v) is 10.1. The highest BCUT2D eigenvalue weighted by atomic mass is 32.2. The number of sulfonamides is 1. The molecule has 2 fully saturated rings. The molecule has 1 atom stereocenters. The van der Waals surface area contributed by atoms with Gasteiger partial charge in [0, 0.05) is 32.7 Å². The quantitative estimate of drug-likeness (QED) is 0.883. The van der Waals surface area contributed by atoms with Crippen molar-refractivity contribution in [1.82, 2.24) is 9.62 Å². The van der Waals surface area contributed by atoms with Crippen molar-refractivity contribution in [2.75, 3.05) is 50.4 Å². The van der Waals surface area contributed by atoms with Crippen molar-refractivity contribution in [2.45, 2.75) is 18.9 Å². The molecule has 7 heteroatoms. The molecule has 128 valence electrons. The van der Waals surface area contributed by atoms with Crippen LogP contribution >= 0.6 is 0 Å². The number of para-hydroxylation sites is 2. The van der Waals surface area contributed by atoms with Crippen molar-refractivity contribution in [3.8, 4) is 5.75 Å². The van der Waals surface area contributed by atoms with Crippen LogP contribution in [0.3, 0.4) is 0 Å². The summed E-state index contributed by atoms with van der Waals surface area (Å²) in [6.07, 6.45) is 2.92. The van der Waals surface area contributed by atoms with E-state index in [1.54, 1.807) is 0 Å². The van der Waals surface area contributed by atoms with E-state index in [1.165, 1.54) is 10.6 Å². The fraction of sp³-hybridized carbons (Fsp3) is 0.625. The standard InChI is InChI=1S/C16H25N3O3S/c1-23(20,21)19-10-4-5-14(13-19)22-16-7-3-2-6-15(16)18-11-8-17-9-12-18/h2-3,6-7,14,17H,4-5,8-13H2,1H3. The maximum atomic E-state index is 11.8. The molecule has 0 saturated carbocycles. The van der Waals surface area contributed by atoms with E-state index < -0.39 is 10.0 Å². The minimum Gasteiger partial charge on any atom is -0.487 e. The Labute approximate surface area is 138 Å². The van der Waals surface area contributed by atoms with E-state index in [0.29, 0.717) is 13.1 Å². The summed E-state index contributed by atoms with van der Waals surface area (Å²) in [7, 11) is -3.15. The molecular weight excluding hydrogens is 314 g/mol. The number of hydrogen-bond donors (Lipinski definition) is 1. The Morgan fingerprint density at radius 1 is 1.17 bits per heavy atom. The number of benzene rings is 1. The zero-order valence-electron chi connectivity index (χ0n) is 13.6. The molecule has 2 heterocycles. The number of piperazine rings is 1. The second kappa shape index (κ2) is 7.07. The number of piperidine rings is 1. The normalized spacial score (nSPS) is 23.7. The Kier molecular flexibility index (Phi) is 5.08. The van der Waals surface area contributed by atoms with Crippen LogP contribution in [0.2, 0.25) is 0 Å². The first-order valence-electron chi connectivity index (χ1n) is 8.20. The summed E-state index contributed by atoms with van der Waals surface area (Å²) in [6, 6.07) is 8.06. The molecule has 0 radical (unpaired) electrons. The summed E-state index contributed by atoms with van der Waals surface area (Å²) in [5.41, 5.74) is 1.10. The Morgan fingerprint density at radius 2 is 1.91 bits per heavy atom. The van der Waals surface area contributed by atoms with Crippen LogP contribution < -0.4 is 15.0 Å². The lowest BCUT2D eigenvalue weighted by Crippen LogP contribution is -2.45. The smallest absolute Gasteiger partial charge is 0.211 e. The van der Waals surface area contributed by atoms with Gasteiger partial charge in [-0.3, -0.25) is 0 Å². The monoisotopic (exact) mass is 339 g/mol. The second-order valence-electron chi connectivity index (χ2n) is 6.21. The molecule has 0 aromatic heterocycles. The first kappa shape index (κ1) is 16.5. The van der Waals surface area contributed by atoms with Gasteiger partial charge in [-0.2, -0.15) is 4.31 Å². The first-order chi connectivity index (χ1) is 11.0. The van der Waals surface area contributed by atoms with E-state index in [1.807, 2.05) is 18.2 Å². The fourth-order valence-electron chi connectivity index (χ4n) is 3.21. The van der Waals surface area contributed by atoms with Crippen LogP contribution in [0.5, 0.6) is 5.75 Å². The minimum atomic E-state index is -3.15. The van der Waals surface area contributed by atoms with E-state index >= 15 is 0 Å². The summed E-state index contributed by atoms with van der Waals surface area (Å²) < 4.78 is 31.2. The number of hydrogen-bond acceptors (Lipinski definition) is 5. The molecule has 3 rings (SSSR count). The molecule has 1 aromatic carbocycles. The summed E-state index contributed by atoms with van der Waals surface area (Å²) >= 11 is 0. The summed E-state index contributed by atoms with van der Waals surface area (Å²) in [6.45, 7) is 4.90. The van der Waals surface area contributed by atoms with Gasteiger partial charge in [0.15, 0.2) is 0 Å². The van der Waals surface area contributed by atoms with Crippen molar-refractivity contribution >= 4 is 15.7 Å². The molecule has 0 amide bonds. The van der Waals surface area contributed by atoms with Crippen molar-refractivity contribution < 1.29 is 13.2 Å².